The number of aromatic amines is 1. The van der Waals surface area contributed by atoms with E-state index in [9.17, 15) is 0 Å². The van der Waals surface area contributed by atoms with Crippen molar-refractivity contribution in [1.29, 1.82) is 0 Å². The zero-order valence-corrected chi connectivity index (χ0v) is 16.0. The number of benzene rings is 3. The van der Waals surface area contributed by atoms with Crippen LogP contribution in [0.25, 0.3) is 0 Å². The van der Waals surface area contributed by atoms with Crippen molar-refractivity contribution in [2.75, 3.05) is 6.61 Å². The summed E-state index contributed by atoms with van der Waals surface area (Å²) in [6.45, 7) is 0.955. The molecule has 6 heteroatoms. The number of tetrazole rings is 1. The van der Waals surface area contributed by atoms with Gasteiger partial charge in [-0.05, 0) is 28.9 Å². The Hall–Kier alpha value is -3.09. The summed E-state index contributed by atoms with van der Waals surface area (Å²) in [5.41, 5.74) is 2.47. The Morgan fingerprint density at radius 2 is 1.25 bits per heavy atom. The van der Waals surface area contributed by atoms with Crippen LogP contribution in [0, 0.1) is 4.77 Å². The molecule has 0 amide bonds. The number of hydrogen-bond acceptors (Lipinski definition) is 4. The van der Waals surface area contributed by atoms with E-state index in [0.29, 0.717) is 17.9 Å². The van der Waals surface area contributed by atoms with Crippen LogP contribution in [0.3, 0.4) is 0 Å². The van der Waals surface area contributed by atoms with Gasteiger partial charge in [0, 0.05) is 0 Å². The van der Waals surface area contributed by atoms with Crippen LogP contribution in [0.15, 0.2) is 91.0 Å². The number of nitrogens with one attached hydrogen (secondary N) is 1. The predicted molar refractivity (Wildman–Crippen MR) is 110 cm³/mol. The molecular weight excluding hydrogens is 368 g/mol. The fourth-order valence-corrected chi connectivity index (χ4v) is 3.59. The summed E-state index contributed by atoms with van der Waals surface area (Å²) >= 11 is 5.18. The van der Waals surface area contributed by atoms with Crippen molar-refractivity contribution < 1.29 is 4.74 Å². The van der Waals surface area contributed by atoms with Crippen LogP contribution in [0.1, 0.15) is 16.7 Å². The van der Waals surface area contributed by atoms with Crippen LogP contribution >= 0.6 is 12.2 Å². The van der Waals surface area contributed by atoms with E-state index in [-0.39, 0.29) is 0 Å². The van der Waals surface area contributed by atoms with E-state index >= 15 is 0 Å². The third-order valence-corrected chi connectivity index (χ3v) is 5.01. The van der Waals surface area contributed by atoms with Gasteiger partial charge in [-0.3, -0.25) is 0 Å². The van der Waals surface area contributed by atoms with E-state index in [1.165, 1.54) is 0 Å². The highest BCUT2D eigenvalue weighted by atomic mass is 32.1. The Bertz CT molecular complexity index is 965. The molecule has 4 aromatic rings. The quantitative estimate of drug-likeness (QED) is 0.378. The average molecular weight is 388 g/mol. The van der Waals surface area contributed by atoms with Gasteiger partial charge in [0.05, 0.1) is 13.2 Å². The summed E-state index contributed by atoms with van der Waals surface area (Å²) < 4.78 is 8.78. The monoisotopic (exact) mass is 388 g/mol. The van der Waals surface area contributed by atoms with Gasteiger partial charge in [0.25, 0.3) is 0 Å². The maximum atomic E-state index is 6.67. The van der Waals surface area contributed by atoms with E-state index in [1.54, 1.807) is 4.68 Å². The fourth-order valence-electron chi connectivity index (χ4n) is 3.42. The van der Waals surface area contributed by atoms with E-state index in [1.807, 2.05) is 54.6 Å². The first-order valence-corrected chi connectivity index (χ1v) is 9.50. The largest absolute Gasteiger partial charge is 0.359 e. The Morgan fingerprint density at radius 3 is 1.64 bits per heavy atom. The molecule has 0 saturated heterocycles. The Balaban J connectivity index is 1.81. The minimum absolute atomic E-state index is 0.410. The molecule has 0 spiro atoms. The molecule has 3 aromatic carbocycles. The van der Waals surface area contributed by atoms with Crippen molar-refractivity contribution in [3.8, 4) is 0 Å². The number of nitrogens with zero attached hydrogens (tertiary/aromatic N) is 3. The molecule has 0 bridgehead atoms. The molecule has 0 aliphatic rings. The van der Waals surface area contributed by atoms with Crippen molar-refractivity contribution in [2.45, 2.75) is 12.1 Å². The second kappa shape index (κ2) is 8.29. The lowest BCUT2D eigenvalue weighted by molar-refractivity contribution is 0.00681. The van der Waals surface area contributed by atoms with E-state index < -0.39 is 5.60 Å². The van der Waals surface area contributed by atoms with Gasteiger partial charge in [0.1, 0.15) is 5.60 Å². The summed E-state index contributed by atoms with van der Waals surface area (Å²) in [5, 5.41) is 10.3. The Labute approximate surface area is 168 Å². The first-order valence-electron chi connectivity index (χ1n) is 9.09. The molecule has 5 nitrogen and oxygen atoms in total. The number of hydrogen-bond donors (Lipinski definition) is 1. The molecule has 0 aliphatic heterocycles. The van der Waals surface area contributed by atoms with Gasteiger partial charge in [0.2, 0.25) is 4.77 Å². The Kier molecular flexibility index (Phi) is 5.41. The van der Waals surface area contributed by atoms with Crippen LogP contribution in [-0.4, -0.2) is 26.8 Å². The molecule has 0 atom stereocenters. The van der Waals surface area contributed by atoms with Crippen molar-refractivity contribution >= 4 is 12.2 Å². The lowest BCUT2D eigenvalue weighted by atomic mass is 9.80. The molecule has 0 fully saturated rings. The van der Waals surface area contributed by atoms with Crippen LogP contribution in [0.2, 0.25) is 0 Å². The number of ether oxygens (including phenoxy) is 1. The number of aromatic nitrogens is 4. The van der Waals surface area contributed by atoms with Crippen LogP contribution in [-0.2, 0) is 16.9 Å². The highest BCUT2D eigenvalue weighted by Crippen LogP contribution is 2.40. The molecule has 0 aliphatic carbocycles. The summed E-state index contributed by atoms with van der Waals surface area (Å²) in [5.74, 6) is 0. The molecule has 0 saturated carbocycles. The molecule has 140 valence electrons. The SMILES string of the molecule is S=c1nn[nH]n1CCOC(c1ccccc1)(c1ccccc1)c1ccccc1. The van der Waals surface area contributed by atoms with Gasteiger partial charge >= 0.3 is 0 Å². The van der Waals surface area contributed by atoms with Gasteiger partial charge < -0.3 is 4.74 Å². The normalized spacial score (nSPS) is 11.4. The molecule has 1 N–H and O–H groups in total. The number of H-pyrrole nitrogens is 1. The van der Waals surface area contributed by atoms with Crippen LogP contribution < -0.4 is 0 Å². The third kappa shape index (κ3) is 3.52. The van der Waals surface area contributed by atoms with Crippen LogP contribution in [0.4, 0.5) is 0 Å². The average Bonchev–Trinajstić information content (AvgIpc) is 3.18. The minimum atomic E-state index is -0.737. The highest BCUT2D eigenvalue weighted by molar-refractivity contribution is 7.71. The van der Waals surface area contributed by atoms with Gasteiger partial charge in [-0.2, -0.15) is 5.21 Å². The molecule has 0 radical (unpaired) electrons. The van der Waals surface area contributed by atoms with E-state index in [0.717, 1.165) is 16.7 Å². The minimum Gasteiger partial charge on any atom is -0.359 e. The second-order valence-corrected chi connectivity index (χ2v) is 6.73. The van der Waals surface area contributed by atoms with Gasteiger partial charge in [0.15, 0.2) is 0 Å². The fraction of sp³-hybridized carbons (Fsp3) is 0.136. The summed E-state index contributed by atoms with van der Waals surface area (Å²) in [6.07, 6.45) is 0. The second-order valence-electron chi connectivity index (χ2n) is 6.36. The Morgan fingerprint density at radius 1 is 0.786 bits per heavy atom. The zero-order chi connectivity index (χ0) is 19.2. The lowest BCUT2D eigenvalue weighted by Crippen LogP contribution is -2.34. The third-order valence-electron chi connectivity index (χ3n) is 4.71. The predicted octanol–water partition coefficient (Wildman–Crippen LogP) is 4.34. The van der Waals surface area contributed by atoms with Gasteiger partial charge in [-0.15, -0.1) is 0 Å². The first-order chi connectivity index (χ1) is 13.8. The van der Waals surface area contributed by atoms with Gasteiger partial charge in [-0.25, -0.2) is 4.68 Å². The maximum Gasteiger partial charge on any atom is 0.238 e. The molecule has 28 heavy (non-hydrogen) atoms. The van der Waals surface area contributed by atoms with Crippen molar-refractivity contribution in [3.63, 3.8) is 0 Å². The zero-order valence-electron chi connectivity index (χ0n) is 15.2. The summed E-state index contributed by atoms with van der Waals surface area (Å²) in [6, 6.07) is 30.9. The van der Waals surface area contributed by atoms with Crippen molar-refractivity contribution in [3.05, 3.63) is 112 Å². The maximum absolute atomic E-state index is 6.67. The van der Waals surface area contributed by atoms with E-state index in [2.05, 4.69) is 51.9 Å². The molecular formula is C22H20N4OS. The summed E-state index contributed by atoms with van der Waals surface area (Å²) in [4.78, 5) is 0. The van der Waals surface area contributed by atoms with Crippen molar-refractivity contribution in [1.82, 2.24) is 20.2 Å². The van der Waals surface area contributed by atoms with Crippen LogP contribution in [0.5, 0.6) is 0 Å². The smallest absolute Gasteiger partial charge is 0.238 e. The van der Waals surface area contributed by atoms with Crippen molar-refractivity contribution in [2.24, 2.45) is 0 Å². The van der Waals surface area contributed by atoms with E-state index in [4.69, 9.17) is 17.0 Å². The standard InChI is InChI=1S/C22H20N4OS/c28-21-23-24-25-26(21)16-17-27-22(18-10-4-1-5-11-18,19-12-6-2-7-13-19)20-14-8-3-9-15-20/h1-15H,16-17H2,(H,23,25,28). The highest BCUT2D eigenvalue weighted by Gasteiger charge is 2.37. The van der Waals surface area contributed by atoms with Gasteiger partial charge in [-0.1, -0.05) is 101 Å². The molecule has 0 unspecified atom stereocenters. The molecule has 4 rings (SSSR count). The number of rotatable bonds is 7. The first kappa shape index (κ1) is 18.3. The summed E-state index contributed by atoms with van der Waals surface area (Å²) in [7, 11) is 0. The lowest BCUT2D eigenvalue weighted by Gasteiger charge is -2.36. The molecule has 1 aromatic heterocycles. The topological polar surface area (TPSA) is 55.7 Å². The molecule has 1 heterocycles.